The number of benzene rings is 1. The summed E-state index contributed by atoms with van der Waals surface area (Å²) in [5, 5.41) is 6.78. The molecule has 0 spiro atoms. The second kappa shape index (κ2) is 6.66. The number of imidazole rings is 1. The molecule has 0 saturated heterocycles. The molecule has 1 aromatic carbocycles. The summed E-state index contributed by atoms with van der Waals surface area (Å²) in [5.41, 5.74) is 1.60. The molecule has 6 heteroatoms. The molecule has 1 N–H and O–H groups in total. The van der Waals surface area contributed by atoms with E-state index >= 15 is 0 Å². The van der Waals surface area contributed by atoms with Gasteiger partial charge in [0, 0.05) is 24.8 Å². The number of ether oxygens (including phenoxy) is 1. The van der Waals surface area contributed by atoms with E-state index in [1.165, 1.54) is 11.3 Å². The highest BCUT2D eigenvalue weighted by molar-refractivity contribution is 7.08. The van der Waals surface area contributed by atoms with Gasteiger partial charge in [-0.05, 0) is 29.1 Å². The van der Waals surface area contributed by atoms with Crippen LogP contribution in [-0.2, 0) is 7.05 Å². The largest absolute Gasteiger partial charge is 0.497 e. The maximum atomic E-state index is 12.5. The predicted molar refractivity (Wildman–Crippen MR) is 89.8 cm³/mol. The number of hydrogen-bond acceptors (Lipinski definition) is 4. The molecule has 1 amide bonds. The third kappa shape index (κ3) is 3.27. The van der Waals surface area contributed by atoms with Crippen LogP contribution in [-0.4, -0.2) is 22.6 Å². The number of carbonyl (C=O) groups is 1. The van der Waals surface area contributed by atoms with Crippen LogP contribution in [0.4, 0.5) is 0 Å². The van der Waals surface area contributed by atoms with Crippen LogP contribution in [0.25, 0.3) is 0 Å². The van der Waals surface area contributed by atoms with Crippen LogP contribution in [0.5, 0.6) is 5.75 Å². The van der Waals surface area contributed by atoms with E-state index < -0.39 is 0 Å². The van der Waals surface area contributed by atoms with Crippen molar-refractivity contribution >= 4 is 17.2 Å². The number of rotatable bonds is 5. The summed E-state index contributed by atoms with van der Waals surface area (Å²) in [7, 11) is 3.54. The van der Waals surface area contributed by atoms with Gasteiger partial charge < -0.3 is 14.6 Å². The van der Waals surface area contributed by atoms with Gasteiger partial charge in [-0.15, -0.1) is 0 Å². The molecular weight excluding hydrogens is 310 g/mol. The molecule has 0 aliphatic carbocycles. The Balaban J connectivity index is 1.93. The van der Waals surface area contributed by atoms with Gasteiger partial charge in [0.15, 0.2) is 0 Å². The van der Waals surface area contributed by atoms with E-state index in [2.05, 4.69) is 10.3 Å². The first kappa shape index (κ1) is 15.3. The van der Waals surface area contributed by atoms with Crippen LogP contribution < -0.4 is 10.1 Å². The highest BCUT2D eigenvalue weighted by Crippen LogP contribution is 2.23. The van der Waals surface area contributed by atoms with E-state index in [9.17, 15) is 4.79 Å². The first-order valence-electron chi connectivity index (χ1n) is 7.13. The minimum absolute atomic E-state index is 0.116. The van der Waals surface area contributed by atoms with Gasteiger partial charge in [-0.25, -0.2) is 4.98 Å². The number of methoxy groups -OCH3 is 1. The number of aromatic nitrogens is 2. The Bertz CT molecular complexity index is 779. The first-order valence-corrected chi connectivity index (χ1v) is 8.07. The van der Waals surface area contributed by atoms with E-state index in [-0.39, 0.29) is 11.9 Å². The molecule has 0 fully saturated rings. The van der Waals surface area contributed by atoms with Crippen molar-refractivity contribution in [3.63, 3.8) is 0 Å². The van der Waals surface area contributed by atoms with Crippen LogP contribution in [0.1, 0.15) is 27.8 Å². The molecule has 0 radical (unpaired) electrons. The lowest BCUT2D eigenvalue weighted by Crippen LogP contribution is -2.30. The van der Waals surface area contributed by atoms with Gasteiger partial charge >= 0.3 is 0 Å². The fraction of sp³-hybridized carbons (Fsp3) is 0.176. The summed E-state index contributed by atoms with van der Waals surface area (Å²) in [5.74, 6) is 1.44. The average Bonchev–Trinajstić information content (AvgIpc) is 3.24. The molecule has 1 atom stereocenters. The highest BCUT2D eigenvalue weighted by atomic mass is 32.1. The molecule has 0 saturated carbocycles. The van der Waals surface area contributed by atoms with Gasteiger partial charge in [0.25, 0.3) is 5.91 Å². The van der Waals surface area contributed by atoms with E-state index in [4.69, 9.17) is 4.74 Å². The fourth-order valence-electron chi connectivity index (χ4n) is 2.36. The first-order chi connectivity index (χ1) is 11.2. The molecular formula is C17H17N3O2S. The SMILES string of the molecule is COc1ccc(C(NC(=O)c2ccsc2)c2nccn2C)cc1. The van der Waals surface area contributed by atoms with Gasteiger partial charge in [-0.1, -0.05) is 12.1 Å². The molecule has 3 aromatic rings. The van der Waals surface area contributed by atoms with Crippen LogP contribution in [0.2, 0.25) is 0 Å². The van der Waals surface area contributed by atoms with E-state index in [1.54, 1.807) is 13.3 Å². The quantitative estimate of drug-likeness (QED) is 0.784. The standard InChI is InChI=1S/C17H17N3O2S/c1-20-9-8-18-16(20)15(12-3-5-14(22-2)6-4-12)19-17(21)13-7-10-23-11-13/h3-11,15H,1-2H3,(H,19,21). The van der Waals surface area contributed by atoms with Gasteiger partial charge in [0.05, 0.1) is 12.7 Å². The maximum Gasteiger partial charge on any atom is 0.252 e. The lowest BCUT2D eigenvalue weighted by molar-refractivity contribution is 0.0941. The number of carbonyl (C=O) groups excluding carboxylic acids is 1. The molecule has 2 aromatic heterocycles. The van der Waals surface area contributed by atoms with Gasteiger partial charge in [-0.3, -0.25) is 4.79 Å². The average molecular weight is 327 g/mol. The number of nitrogens with one attached hydrogen (secondary N) is 1. The van der Waals surface area contributed by atoms with Crippen molar-refractivity contribution in [1.82, 2.24) is 14.9 Å². The zero-order valence-corrected chi connectivity index (χ0v) is 13.7. The maximum absolute atomic E-state index is 12.5. The Morgan fingerprint density at radius 1 is 1.30 bits per heavy atom. The highest BCUT2D eigenvalue weighted by Gasteiger charge is 2.21. The Hall–Kier alpha value is -2.60. The molecule has 3 rings (SSSR count). The predicted octanol–water partition coefficient (Wildman–Crippen LogP) is 3.01. The van der Waals surface area contributed by atoms with Crippen LogP contribution in [0.15, 0.2) is 53.5 Å². The van der Waals surface area contributed by atoms with Crippen molar-refractivity contribution in [3.05, 3.63) is 70.4 Å². The minimum atomic E-state index is -0.326. The van der Waals surface area contributed by atoms with E-state index in [0.29, 0.717) is 5.56 Å². The van der Waals surface area contributed by atoms with Crippen molar-refractivity contribution in [2.24, 2.45) is 7.05 Å². The molecule has 5 nitrogen and oxygen atoms in total. The molecule has 23 heavy (non-hydrogen) atoms. The zero-order chi connectivity index (χ0) is 16.2. The number of aryl methyl sites for hydroxylation is 1. The van der Waals surface area contributed by atoms with Crippen molar-refractivity contribution < 1.29 is 9.53 Å². The number of amides is 1. The van der Waals surface area contributed by atoms with Gasteiger partial charge in [-0.2, -0.15) is 11.3 Å². The lowest BCUT2D eigenvalue weighted by Gasteiger charge is -2.19. The summed E-state index contributed by atoms with van der Waals surface area (Å²) >= 11 is 1.50. The normalized spacial score (nSPS) is 11.9. The Labute approximate surface area is 138 Å². The Kier molecular flexibility index (Phi) is 4.43. The third-order valence-corrected chi connectivity index (χ3v) is 4.31. The van der Waals surface area contributed by atoms with Crippen LogP contribution in [0, 0.1) is 0 Å². The molecule has 0 bridgehead atoms. The second-order valence-corrected chi connectivity index (χ2v) is 5.87. The van der Waals surface area contributed by atoms with Crippen LogP contribution in [0.3, 0.4) is 0 Å². The summed E-state index contributed by atoms with van der Waals surface area (Å²) in [6, 6.07) is 9.11. The van der Waals surface area contributed by atoms with E-state index in [1.807, 2.05) is 58.9 Å². The second-order valence-electron chi connectivity index (χ2n) is 5.09. The molecule has 118 valence electrons. The summed E-state index contributed by atoms with van der Waals surface area (Å²) in [4.78, 5) is 16.8. The van der Waals surface area contributed by atoms with E-state index in [0.717, 1.165) is 17.1 Å². The van der Waals surface area contributed by atoms with Crippen molar-refractivity contribution in [2.75, 3.05) is 7.11 Å². The molecule has 0 aliphatic heterocycles. The number of thiophene rings is 1. The van der Waals surface area contributed by atoms with Crippen molar-refractivity contribution in [2.45, 2.75) is 6.04 Å². The fourth-order valence-corrected chi connectivity index (χ4v) is 2.99. The zero-order valence-electron chi connectivity index (χ0n) is 12.9. The molecule has 0 aliphatic rings. The summed E-state index contributed by atoms with van der Waals surface area (Å²) in [6.07, 6.45) is 3.59. The smallest absolute Gasteiger partial charge is 0.252 e. The molecule has 1 unspecified atom stereocenters. The monoisotopic (exact) mass is 327 g/mol. The van der Waals surface area contributed by atoms with Crippen molar-refractivity contribution in [3.8, 4) is 5.75 Å². The Morgan fingerprint density at radius 2 is 2.09 bits per heavy atom. The third-order valence-electron chi connectivity index (χ3n) is 3.62. The number of hydrogen-bond donors (Lipinski definition) is 1. The molecule has 2 heterocycles. The topological polar surface area (TPSA) is 56.1 Å². The van der Waals surface area contributed by atoms with Crippen LogP contribution >= 0.6 is 11.3 Å². The van der Waals surface area contributed by atoms with Crippen molar-refractivity contribution in [1.29, 1.82) is 0 Å². The summed E-state index contributed by atoms with van der Waals surface area (Å²) in [6.45, 7) is 0. The minimum Gasteiger partial charge on any atom is -0.497 e. The van der Waals surface area contributed by atoms with Gasteiger partial charge in [0.1, 0.15) is 17.6 Å². The lowest BCUT2D eigenvalue weighted by atomic mass is 10.1. The summed E-state index contributed by atoms with van der Waals surface area (Å²) < 4.78 is 7.10. The Morgan fingerprint density at radius 3 is 2.65 bits per heavy atom. The van der Waals surface area contributed by atoms with Gasteiger partial charge in [0.2, 0.25) is 0 Å². The number of nitrogens with zero attached hydrogens (tertiary/aromatic N) is 2.